The van der Waals surface area contributed by atoms with Crippen LogP contribution in [0.5, 0.6) is 0 Å². The molecule has 1 unspecified atom stereocenters. The van der Waals surface area contributed by atoms with Gasteiger partial charge in [0.25, 0.3) is 0 Å². The first-order valence-electron chi connectivity index (χ1n) is 7.13. The predicted molar refractivity (Wildman–Crippen MR) is 81.2 cm³/mol. The van der Waals surface area contributed by atoms with E-state index in [-0.39, 0.29) is 31.5 Å². The van der Waals surface area contributed by atoms with Crippen molar-refractivity contribution in [3.63, 3.8) is 0 Å². The summed E-state index contributed by atoms with van der Waals surface area (Å²) in [4.78, 5) is 45.1. The van der Waals surface area contributed by atoms with E-state index >= 15 is 0 Å². The SMILES string of the molecule is Cc1ccc(C(=O)CCC(=O)NC(CCC(=O)O)C(=O)O)cc1. The Hall–Kier alpha value is -2.70. The molecule has 0 aliphatic carbocycles. The number of carbonyl (C=O) groups excluding carboxylic acids is 2. The quantitative estimate of drug-likeness (QED) is 0.591. The van der Waals surface area contributed by atoms with Gasteiger partial charge in [-0.2, -0.15) is 0 Å². The van der Waals surface area contributed by atoms with Crippen molar-refractivity contribution in [3.8, 4) is 0 Å². The Labute approximate surface area is 133 Å². The van der Waals surface area contributed by atoms with Crippen LogP contribution in [0.25, 0.3) is 0 Å². The summed E-state index contributed by atoms with van der Waals surface area (Å²) in [5.74, 6) is -3.25. The number of benzene rings is 1. The monoisotopic (exact) mass is 321 g/mol. The minimum Gasteiger partial charge on any atom is -0.481 e. The van der Waals surface area contributed by atoms with Gasteiger partial charge in [-0.1, -0.05) is 29.8 Å². The zero-order valence-corrected chi connectivity index (χ0v) is 12.7. The second kappa shape index (κ2) is 8.67. The maximum Gasteiger partial charge on any atom is 0.326 e. The van der Waals surface area contributed by atoms with Crippen molar-refractivity contribution in [3.05, 3.63) is 35.4 Å². The Morgan fingerprint density at radius 1 is 1.00 bits per heavy atom. The summed E-state index contributed by atoms with van der Waals surface area (Å²) in [6.45, 7) is 1.89. The molecule has 0 heterocycles. The number of aryl methyl sites for hydroxylation is 1. The lowest BCUT2D eigenvalue weighted by Crippen LogP contribution is -2.41. The van der Waals surface area contributed by atoms with Crippen LogP contribution in [0.4, 0.5) is 0 Å². The highest BCUT2D eigenvalue weighted by molar-refractivity contribution is 5.98. The second-order valence-corrected chi connectivity index (χ2v) is 5.18. The molecule has 3 N–H and O–H groups in total. The van der Waals surface area contributed by atoms with Crippen LogP contribution in [0.1, 0.15) is 41.6 Å². The van der Waals surface area contributed by atoms with E-state index in [9.17, 15) is 19.2 Å². The molecule has 1 rings (SSSR count). The Bertz CT molecular complexity index is 593. The lowest BCUT2D eigenvalue weighted by molar-refractivity contribution is -0.143. The number of nitrogens with one attached hydrogen (secondary N) is 1. The Balaban J connectivity index is 2.48. The van der Waals surface area contributed by atoms with Gasteiger partial charge in [0, 0.05) is 24.8 Å². The van der Waals surface area contributed by atoms with Gasteiger partial charge in [0.1, 0.15) is 6.04 Å². The highest BCUT2D eigenvalue weighted by Gasteiger charge is 2.21. The van der Waals surface area contributed by atoms with Gasteiger partial charge in [-0.05, 0) is 13.3 Å². The smallest absolute Gasteiger partial charge is 0.326 e. The number of hydrogen-bond donors (Lipinski definition) is 3. The van der Waals surface area contributed by atoms with Gasteiger partial charge in [-0.15, -0.1) is 0 Å². The van der Waals surface area contributed by atoms with Gasteiger partial charge >= 0.3 is 11.9 Å². The predicted octanol–water partition coefficient (Wildman–Crippen LogP) is 1.39. The van der Waals surface area contributed by atoms with E-state index in [2.05, 4.69) is 5.32 Å². The molecule has 0 aliphatic rings. The zero-order valence-electron chi connectivity index (χ0n) is 12.7. The highest BCUT2D eigenvalue weighted by atomic mass is 16.4. The van der Waals surface area contributed by atoms with Crippen molar-refractivity contribution in [1.29, 1.82) is 0 Å². The van der Waals surface area contributed by atoms with Crippen molar-refractivity contribution in [2.75, 3.05) is 0 Å². The number of amides is 1. The third-order valence-electron chi connectivity index (χ3n) is 3.23. The molecule has 0 bridgehead atoms. The molecule has 23 heavy (non-hydrogen) atoms. The molecule has 0 radical (unpaired) electrons. The average Bonchev–Trinajstić information content (AvgIpc) is 2.49. The normalized spacial score (nSPS) is 11.5. The molecule has 7 nitrogen and oxygen atoms in total. The molecule has 124 valence electrons. The fraction of sp³-hybridized carbons (Fsp3) is 0.375. The first-order valence-corrected chi connectivity index (χ1v) is 7.13. The number of aliphatic carboxylic acids is 2. The van der Waals surface area contributed by atoms with Gasteiger partial charge < -0.3 is 15.5 Å². The lowest BCUT2D eigenvalue weighted by atomic mass is 10.0. The van der Waals surface area contributed by atoms with Crippen LogP contribution < -0.4 is 5.32 Å². The number of carbonyl (C=O) groups is 4. The van der Waals surface area contributed by atoms with Crippen LogP contribution in [-0.4, -0.2) is 39.9 Å². The molecule has 0 spiro atoms. The van der Waals surface area contributed by atoms with Crippen LogP contribution in [0.2, 0.25) is 0 Å². The van der Waals surface area contributed by atoms with Crippen molar-refractivity contribution < 1.29 is 29.4 Å². The average molecular weight is 321 g/mol. The van der Waals surface area contributed by atoms with Crippen molar-refractivity contribution in [2.45, 2.75) is 38.6 Å². The highest BCUT2D eigenvalue weighted by Crippen LogP contribution is 2.08. The van der Waals surface area contributed by atoms with E-state index in [0.29, 0.717) is 5.56 Å². The Kier molecular flexibility index (Phi) is 6.92. The molecule has 7 heteroatoms. The van der Waals surface area contributed by atoms with Gasteiger partial charge in [0.2, 0.25) is 5.91 Å². The molecule has 0 aromatic heterocycles. The molecule has 1 aromatic carbocycles. The number of rotatable bonds is 9. The summed E-state index contributed by atoms with van der Waals surface area (Å²) >= 11 is 0. The number of Topliss-reactive ketones (excluding diaryl/α,β-unsaturated/α-hetero) is 1. The van der Waals surface area contributed by atoms with Gasteiger partial charge in [0.05, 0.1) is 0 Å². The van der Waals surface area contributed by atoms with Gasteiger partial charge in [-0.25, -0.2) is 4.79 Å². The minimum atomic E-state index is -1.30. The summed E-state index contributed by atoms with van der Waals surface area (Å²) in [5, 5.41) is 19.7. The van der Waals surface area contributed by atoms with E-state index < -0.39 is 23.9 Å². The zero-order chi connectivity index (χ0) is 17.4. The maximum atomic E-state index is 11.9. The molecule has 0 saturated heterocycles. The molecule has 1 amide bonds. The summed E-state index contributed by atoms with van der Waals surface area (Å²) in [7, 11) is 0. The molecule has 0 saturated carbocycles. The summed E-state index contributed by atoms with van der Waals surface area (Å²) in [5.41, 5.74) is 1.51. The summed E-state index contributed by atoms with van der Waals surface area (Å²) < 4.78 is 0. The van der Waals surface area contributed by atoms with Crippen molar-refractivity contribution in [1.82, 2.24) is 5.32 Å². The third kappa shape index (κ3) is 6.73. The number of carboxylic acid groups (broad SMARTS) is 2. The van der Waals surface area contributed by atoms with Gasteiger partial charge in [-0.3, -0.25) is 14.4 Å². The first kappa shape index (κ1) is 18.3. The van der Waals surface area contributed by atoms with Crippen molar-refractivity contribution >= 4 is 23.6 Å². The fourth-order valence-corrected chi connectivity index (χ4v) is 1.90. The molecule has 1 aromatic rings. The largest absolute Gasteiger partial charge is 0.481 e. The summed E-state index contributed by atoms with van der Waals surface area (Å²) in [6.07, 6.45) is -0.758. The van der Waals surface area contributed by atoms with Crippen LogP contribution in [0.3, 0.4) is 0 Å². The van der Waals surface area contributed by atoms with Gasteiger partial charge in [0.15, 0.2) is 5.78 Å². The van der Waals surface area contributed by atoms with Crippen LogP contribution in [0, 0.1) is 6.92 Å². The fourth-order valence-electron chi connectivity index (χ4n) is 1.90. The third-order valence-corrected chi connectivity index (χ3v) is 3.23. The van der Waals surface area contributed by atoms with E-state index in [1.165, 1.54) is 0 Å². The molecular weight excluding hydrogens is 302 g/mol. The number of hydrogen-bond acceptors (Lipinski definition) is 4. The number of carboxylic acids is 2. The van der Waals surface area contributed by atoms with Crippen LogP contribution in [0.15, 0.2) is 24.3 Å². The van der Waals surface area contributed by atoms with Crippen molar-refractivity contribution in [2.24, 2.45) is 0 Å². The molecule has 0 fully saturated rings. The maximum absolute atomic E-state index is 11.9. The van der Waals surface area contributed by atoms with Crippen LogP contribution >= 0.6 is 0 Å². The first-order chi connectivity index (χ1) is 10.8. The number of ketones is 1. The second-order valence-electron chi connectivity index (χ2n) is 5.18. The molecule has 0 aliphatic heterocycles. The topological polar surface area (TPSA) is 121 Å². The molecular formula is C16H19NO6. The van der Waals surface area contributed by atoms with E-state index in [0.717, 1.165) is 5.56 Å². The summed E-state index contributed by atoms with van der Waals surface area (Å²) in [6, 6.07) is 5.65. The van der Waals surface area contributed by atoms with E-state index in [1.807, 2.05) is 6.92 Å². The lowest BCUT2D eigenvalue weighted by Gasteiger charge is -2.13. The Morgan fingerprint density at radius 2 is 1.61 bits per heavy atom. The minimum absolute atomic E-state index is 0.0415. The Morgan fingerprint density at radius 3 is 2.13 bits per heavy atom. The van der Waals surface area contributed by atoms with E-state index in [1.54, 1.807) is 24.3 Å². The molecule has 1 atom stereocenters. The van der Waals surface area contributed by atoms with Crippen LogP contribution in [-0.2, 0) is 14.4 Å². The van der Waals surface area contributed by atoms with E-state index in [4.69, 9.17) is 10.2 Å². The standard InChI is InChI=1S/C16H19NO6/c1-10-2-4-11(5-3-10)13(18)7-8-14(19)17-12(16(22)23)6-9-15(20)21/h2-5,12H,6-9H2,1H3,(H,17,19)(H,20,21)(H,22,23).